The van der Waals surface area contributed by atoms with E-state index < -0.39 is 0 Å². The maximum atomic E-state index is 12.0. The topological polar surface area (TPSA) is 89.3 Å². The van der Waals surface area contributed by atoms with E-state index in [0.717, 1.165) is 19.3 Å². The maximum absolute atomic E-state index is 12.0. The van der Waals surface area contributed by atoms with Crippen molar-refractivity contribution in [2.24, 2.45) is 0 Å². The van der Waals surface area contributed by atoms with Crippen LogP contribution in [0.3, 0.4) is 0 Å². The minimum atomic E-state index is -0.297. The van der Waals surface area contributed by atoms with E-state index in [1.807, 2.05) is 0 Å². The summed E-state index contributed by atoms with van der Waals surface area (Å²) >= 11 is 6.23. The van der Waals surface area contributed by atoms with Crippen molar-refractivity contribution >= 4 is 23.3 Å². The van der Waals surface area contributed by atoms with Gasteiger partial charge in [0.25, 0.3) is 5.89 Å². The number of halogens is 1. The Kier molecular flexibility index (Phi) is 6.46. The van der Waals surface area contributed by atoms with Crippen molar-refractivity contribution in [3.05, 3.63) is 29.0 Å². The number of hydrogen-bond donors (Lipinski definition) is 2. The van der Waals surface area contributed by atoms with Gasteiger partial charge < -0.3 is 19.9 Å². The summed E-state index contributed by atoms with van der Waals surface area (Å²) in [6.45, 7) is 2.97. The fourth-order valence-corrected chi connectivity index (χ4v) is 3.14. The van der Waals surface area contributed by atoms with Gasteiger partial charge in [-0.2, -0.15) is 4.98 Å². The molecule has 7 nitrogen and oxygen atoms in total. The number of amides is 2. The van der Waals surface area contributed by atoms with Crippen LogP contribution in [0.15, 0.2) is 22.7 Å². The molecule has 0 saturated heterocycles. The summed E-state index contributed by atoms with van der Waals surface area (Å²) in [4.78, 5) is 16.1. The zero-order valence-electron chi connectivity index (χ0n) is 14.8. The van der Waals surface area contributed by atoms with Crippen molar-refractivity contribution in [2.75, 3.05) is 18.5 Å². The smallest absolute Gasteiger partial charge is 0.319 e. The highest BCUT2D eigenvalue weighted by atomic mass is 35.5. The van der Waals surface area contributed by atoms with E-state index in [1.54, 1.807) is 25.1 Å². The van der Waals surface area contributed by atoms with Crippen LogP contribution in [-0.2, 0) is 4.74 Å². The number of aromatic nitrogens is 2. The third kappa shape index (κ3) is 5.19. The van der Waals surface area contributed by atoms with Gasteiger partial charge in [-0.05, 0) is 44.4 Å². The molecule has 1 fully saturated rings. The molecule has 8 heteroatoms. The second kappa shape index (κ2) is 9.00. The lowest BCUT2D eigenvalue weighted by Gasteiger charge is -2.12. The fraction of sp³-hybridized carbons (Fsp3) is 0.500. The highest BCUT2D eigenvalue weighted by molar-refractivity contribution is 6.34. The van der Waals surface area contributed by atoms with Gasteiger partial charge in [0.15, 0.2) is 5.82 Å². The van der Waals surface area contributed by atoms with Crippen molar-refractivity contribution in [1.29, 1.82) is 0 Å². The number of ether oxygens (including phenoxy) is 1. The summed E-state index contributed by atoms with van der Waals surface area (Å²) in [5.41, 5.74) is 1.22. The normalized spacial score (nSPS) is 14.5. The van der Waals surface area contributed by atoms with Gasteiger partial charge in [0.2, 0.25) is 0 Å². The van der Waals surface area contributed by atoms with E-state index >= 15 is 0 Å². The van der Waals surface area contributed by atoms with E-state index in [2.05, 4.69) is 20.8 Å². The Morgan fingerprint density at radius 2 is 2.19 bits per heavy atom. The SMILES string of the molecule is Cc1noc(-c2ccc(NC(=O)NCCCOC3CCCC3)c(Cl)c2)n1. The molecule has 0 aliphatic heterocycles. The zero-order chi connectivity index (χ0) is 18.4. The third-order valence-corrected chi connectivity index (χ3v) is 4.57. The molecular weight excluding hydrogens is 356 g/mol. The van der Waals surface area contributed by atoms with Gasteiger partial charge in [-0.15, -0.1) is 0 Å². The van der Waals surface area contributed by atoms with Gasteiger partial charge in [-0.25, -0.2) is 4.79 Å². The van der Waals surface area contributed by atoms with E-state index in [0.29, 0.717) is 47.2 Å². The summed E-state index contributed by atoms with van der Waals surface area (Å²) in [6.07, 6.45) is 6.03. The lowest BCUT2D eigenvalue weighted by molar-refractivity contribution is 0.0572. The van der Waals surface area contributed by atoms with Crippen LogP contribution in [0.4, 0.5) is 10.5 Å². The maximum Gasteiger partial charge on any atom is 0.319 e. The average molecular weight is 379 g/mol. The Balaban J connectivity index is 1.42. The van der Waals surface area contributed by atoms with Crippen molar-refractivity contribution < 1.29 is 14.1 Å². The molecule has 2 N–H and O–H groups in total. The highest BCUT2D eigenvalue weighted by Crippen LogP contribution is 2.28. The van der Waals surface area contributed by atoms with Gasteiger partial charge in [-0.3, -0.25) is 0 Å². The van der Waals surface area contributed by atoms with E-state index in [1.165, 1.54) is 12.8 Å². The number of carbonyl (C=O) groups excluding carboxylic acids is 1. The van der Waals surface area contributed by atoms with Crippen LogP contribution in [0.1, 0.15) is 37.9 Å². The first-order chi connectivity index (χ1) is 12.6. The van der Waals surface area contributed by atoms with Gasteiger partial charge in [0.05, 0.1) is 16.8 Å². The molecule has 0 spiro atoms. The Bertz CT molecular complexity index is 744. The molecule has 0 atom stereocenters. The number of aryl methyl sites for hydroxylation is 1. The fourth-order valence-electron chi connectivity index (χ4n) is 2.91. The van der Waals surface area contributed by atoms with E-state index in [-0.39, 0.29) is 6.03 Å². The van der Waals surface area contributed by atoms with Crippen molar-refractivity contribution in [1.82, 2.24) is 15.5 Å². The Morgan fingerprint density at radius 1 is 1.38 bits per heavy atom. The lowest BCUT2D eigenvalue weighted by atomic mass is 10.2. The Hall–Kier alpha value is -2.12. The molecule has 0 radical (unpaired) electrons. The van der Waals surface area contributed by atoms with Crippen LogP contribution in [0.2, 0.25) is 5.02 Å². The molecular formula is C18H23ClN4O3. The first-order valence-electron chi connectivity index (χ1n) is 8.88. The molecule has 26 heavy (non-hydrogen) atoms. The molecule has 140 valence electrons. The number of hydrogen-bond acceptors (Lipinski definition) is 5. The molecule has 1 aromatic carbocycles. The number of benzene rings is 1. The lowest BCUT2D eigenvalue weighted by Crippen LogP contribution is -2.30. The molecule has 2 amide bonds. The third-order valence-electron chi connectivity index (χ3n) is 4.25. The van der Waals surface area contributed by atoms with Crippen molar-refractivity contribution in [3.8, 4) is 11.5 Å². The predicted octanol–water partition coefficient (Wildman–Crippen LogP) is 4.17. The van der Waals surface area contributed by atoms with E-state index in [9.17, 15) is 4.79 Å². The van der Waals surface area contributed by atoms with Crippen molar-refractivity contribution in [2.45, 2.75) is 45.1 Å². The molecule has 3 rings (SSSR count). The van der Waals surface area contributed by atoms with E-state index in [4.69, 9.17) is 20.9 Å². The summed E-state index contributed by atoms with van der Waals surface area (Å²) in [6, 6.07) is 4.86. The number of rotatable bonds is 7. The second-order valence-electron chi connectivity index (χ2n) is 6.35. The minimum Gasteiger partial charge on any atom is -0.378 e. The summed E-state index contributed by atoms with van der Waals surface area (Å²) < 4.78 is 10.9. The summed E-state index contributed by atoms with van der Waals surface area (Å²) in [5, 5.41) is 9.69. The van der Waals surface area contributed by atoms with Gasteiger partial charge >= 0.3 is 6.03 Å². The zero-order valence-corrected chi connectivity index (χ0v) is 15.5. The average Bonchev–Trinajstić information content (AvgIpc) is 3.28. The minimum absolute atomic E-state index is 0.297. The number of nitrogens with zero attached hydrogens (tertiary/aromatic N) is 2. The Labute approximate surface area is 157 Å². The second-order valence-corrected chi connectivity index (χ2v) is 6.76. The van der Waals surface area contributed by atoms with Crippen LogP contribution in [0, 0.1) is 6.92 Å². The summed E-state index contributed by atoms with van der Waals surface area (Å²) in [5.74, 6) is 0.942. The first-order valence-corrected chi connectivity index (χ1v) is 9.26. The molecule has 0 unspecified atom stereocenters. The molecule has 1 aliphatic carbocycles. The largest absolute Gasteiger partial charge is 0.378 e. The molecule has 1 saturated carbocycles. The predicted molar refractivity (Wildman–Crippen MR) is 99.3 cm³/mol. The summed E-state index contributed by atoms with van der Waals surface area (Å²) in [7, 11) is 0. The van der Waals surface area contributed by atoms with Gasteiger partial charge in [0.1, 0.15) is 0 Å². The van der Waals surface area contributed by atoms with Crippen LogP contribution in [0.25, 0.3) is 11.5 Å². The molecule has 0 bridgehead atoms. The molecule has 1 aliphatic rings. The number of urea groups is 1. The number of carbonyl (C=O) groups is 1. The number of anilines is 1. The first kappa shape index (κ1) is 18.7. The highest BCUT2D eigenvalue weighted by Gasteiger charge is 2.15. The molecule has 1 aromatic heterocycles. The Morgan fingerprint density at radius 3 is 2.88 bits per heavy atom. The van der Waals surface area contributed by atoms with Gasteiger partial charge in [-0.1, -0.05) is 29.6 Å². The van der Waals surface area contributed by atoms with Crippen LogP contribution >= 0.6 is 11.6 Å². The number of nitrogens with one attached hydrogen (secondary N) is 2. The monoisotopic (exact) mass is 378 g/mol. The quantitative estimate of drug-likeness (QED) is 0.706. The standard InChI is InChI=1S/C18H23ClN4O3/c1-12-21-17(26-23-12)13-7-8-16(15(19)11-13)22-18(24)20-9-4-10-25-14-5-2-3-6-14/h7-8,11,14H,2-6,9-10H2,1H3,(H2,20,22,24). The van der Waals surface area contributed by atoms with Crippen molar-refractivity contribution in [3.63, 3.8) is 0 Å². The van der Waals surface area contributed by atoms with Gasteiger partial charge in [0, 0.05) is 18.7 Å². The van der Waals surface area contributed by atoms with Crippen LogP contribution in [0.5, 0.6) is 0 Å². The molecule has 1 heterocycles. The van der Waals surface area contributed by atoms with Crippen LogP contribution < -0.4 is 10.6 Å². The van der Waals surface area contributed by atoms with Crippen LogP contribution in [-0.4, -0.2) is 35.4 Å². The molecule has 2 aromatic rings.